The van der Waals surface area contributed by atoms with Gasteiger partial charge in [0.25, 0.3) is 0 Å². The van der Waals surface area contributed by atoms with Crippen LogP contribution in [0.4, 0.5) is 0 Å². The number of nitrogens with one attached hydrogen (secondary N) is 1. The zero-order valence-corrected chi connectivity index (χ0v) is 11.6. The minimum Gasteiger partial charge on any atom is -0.316 e. The zero-order valence-electron chi connectivity index (χ0n) is 11.6. The molecule has 0 saturated heterocycles. The highest BCUT2D eigenvalue weighted by Crippen LogP contribution is 2.53. The molecule has 1 aliphatic carbocycles. The van der Waals surface area contributed by atoms with E-state index in [4.69, 9.17) is 0 Å². The van der Waals surface area contributed by atoms with Crippen LogP contribution in [0.25, 0.3) is 0 Å². The first-order chi connectivity index (χ1) is 8.08. The summed E-state index contributed by atoms with van der Waals surface area (Å²) in [6.07, 6.45) is 2.57. The van der Waals surface area contributed by atoms with Gasteiger partial charge < -0.3 is 5.32 Å². The van der Waals surface area contributed by atoms with Crippen LogP contribution in [0.1, 0.15) is 43.4 Å². The van der Waals surface area contributed by atoms with Gasteiger partial charge in [-0.1, -0.05) is 32.0 Å². The Balaban J connectivity index is 2.01. The van der Waals surface area contributed by atoms with Gasteiger partial charge in [0.05, 0.1) is 0 Å². The molecule has 0 amide bonds. The molecular formula is C16H25N. The van der Waals surface area contributed by atoms with Crippen LogP contribution in [-0.2, 0) is 5.41 Å². The summed E-state index contributed by atoms with van der Waals surface area (Å²) in [6, 6.07) is 6.97. The highest BCUT2D eigenvalue weighted by atomic mass is 14.9. The van der Waals surface area contributed by atoms with E-state index >= 15 is 0 Å². The average Bonchev–Trinajstić information content (AvgIpc) is 2.95. The molecule has 0 aliphatic heterocycles. The van der Waals surface area contributed by atoms with Gasteiger partial charge in [0.2, 0.25) is 0 Å². The summed E-state index contributed by atoms with van der Waals surface area (Å²) in [5, 5.41) is 3.55. The van der Waals surface area contributed by atoms with Gasteiger partial charge in [0.1, 0.15) is 0 Å². The second kappa shape index (κ2) is 4.81. The summed E-state index contributed by atoms with van der Waals surface area (Å²) in [6.45, 7) is 11.4. The van der Waals surface area contributed by atoms with Crippen LogP contribution < -0.4 is 5.32 Å². The SMILES string of the molecule is CCCNCC1CC1(C)c1ccc(C)c(C)c1. The molecule has 1 nitrogen and oxygen atoms in total. The molecule has 1 saturated carbocycles. The Morgan fingerprint density at radius 2 is 2.06 bits per heavy atom. The van der Waals surface area contributed by atoms with Gasteiger partial charge in [-0.2, -0.15) is 0 Å². The largest absolute Gasteiger partial charge is 0.316 e. The van der Waals surface area contributed by atoms with E-state index in [9.17, 15) is 0 Å². The van der Waals surface area contributed by atoms with Crippen molar-refractivity contribution in [2.45, 2.75) is 46.0 Å². The molecule has 0 aromatic heterocycles. The van der Waals surface area contributed by atoms with Crippen molar-refractivity contribution >= 4 is 0 Å². The molecule has 2 rings (SSSR count). The Morgan fingerprint density at radius 1 is 1.29 bits per heavy atom. The molecule has 1 aliphatic rings. The average molecular weight is 231 g/mol. The van der Waals surface area contributed by atoms with Gasteiger partial charge in [-0.3, -0.25) is 0 Å². The van der Waals surface area contributed by atoms with Crippen molar-refractivity contribution in [3.05, 3.63) is 34.9 Å². The van der Waals surface area contributed by atoms with Crippen LogP contribution in [0, 0.1) is 19.8 Å². The quantitative estimate of drug-likeness (QED) is 0.764. The van der Waals surface area contributed by atoms with E-state index < -0.39 is 0 Å². The van der Waals surface area contributed by atoms with E-state index in [1.807, 2.05) is 0 Å². The van der Waals surface area contributed by atoms with Crippen molar-refractivity contribution in [3.8, 4) is 0 Å². The Hall–Kier alpha value is -0.820. The summed E-state index contributed by atoms with van der Waals surface area (Å²) >= 11 is 0. The molecule has 0 heterocycles. The predicted octanol–water partition coefficient (Wildman–Crippen LogP) is 3.58. The Kier molecular flexibility index (Phi) is 3.58. The minimum absolute atomic E-state index is 0.430. The number of hydrogen-bond acceptors (Lipinski definition) is 1. The van der Waals surface area contributed by atoms with Crippen LogP contribution in [-0.4, -0.2) is 13.1 Å². The molecule has 1 N–H and O–H groups in total. The van der Waals surface area contributed by atoms with Crippen molar-refractivity contribution in [3.63, 3.8) is 0 Å². The van der Waals surface area contributed by atoms with E-state index in [-0.39, 0.29) is 0 Å². The maximum absolute atomic E-state index is 3.55. The molecule has 0 bridgehead atoms. The topological polar surface area (TPSA) is 12.0 Å². The van der Waals surface area contributed by atoms with Crippen molar-refractivity contribution in [1.82, 2.24) is 5.32 Å². The summed E-state index contributed by atoms with van der Waals surface area (Å²) in [7, 11) is 0. The van der Waals surface area contributed by atoms with Gasteiger partial charge in [-0.25, -0.2) is 0 Å². The molecule has 1 fully saturated rings. The van der Waals surface area contributed by atoms with Crippen LogP contribution in [0.3, 0.4) is 0 Å². The number of rotatable bonds is 5. The smallest absolute Gasteiger partial charge is 0.00118 e. The molecular weight excluding hydrogens is 206 g/mol. The lowest BCUT2D eigenvalue weighted by molar-refractivity contribution is 0.575. The van der Waals surface area contributed by atoms with Gasteiger partial charge in [0, 0.05) is 0 Å². The lowest BCUT2D eigenvalue weighted by Gasteiger charge is -2.14. The summed E-state index contributed by atoms with van der Waals surface area (Å²) in [5.74, 6) is 0.830. The maximum Gasteiger partial charge on any atom is -0.00118 e. The normalized spacial score (nSPS) is 27.2. The van der Waals surface area contributed by atoms with Crippen molar-refractivity contribution < 1.29 is 0 Å². The molecule has 1 aromatic rings. The molecule has 94 valence electrons. The fourth-order valence-corrected chi connectivity index (χ4v) is 2.65. The predicted molar refractivity (Wildman–Crippen MR) is 74.5 cm³/mol. The van der Waals surface area contributed by atoms with Crippen LogP contribution >= 0.6 is 0 Å². The van der Waals surface area contributed by atoms with E-state index in [0.717, 1.165) is 12.5 Å². The minimum atomic E-state index is 0.430. The first-order valence-corrected chi connectivity index (χ1v) is 6.86. The number of hydrogen-bond donors (Lipinski definition) is 1. The van der Waals surface area contributed by atoms with E-state index in [0.29, 0.717) is 5.41 Å². The van der Waals surface area contributed by atoms with Gasteiger partial charge in [0.15, 0.2) is 0 Å². The third-order valence-electron chi connectivity index (χ3n) is 4.40. The molecule has 1 aromatic carbocycles. The molecule has 17 heavy (non-hydrogen) atoms. The standard InChI is InChI=1S/C16H25N/c1-5-8-17-11-15-10-16(15,4)14-7-6-12(2)13(3)9-14/h6-7,9,15,17H,5,8,10-11H2,1-4H3. The third-order valence-corrected chi connectivity index (χ3v) is 4.40. The zero-order chi connectivity index (χ0) is 12.5. The Morgan fingerprint density at radius 3 is 2.71 bits per heavy atom. The monoisotopic (exact) mass is 231 g/mol. The van der Waals surface area contributed by atoms with Gasteiger partial charge >= 0.3 is 0 Å². The van der Waals surface area contributed by atoms with Crippen molar-refractivity contribution in [1.29, 1.82) is 0 Å². The van der Waals surface area contributed by atoms with Crippen molar-refractivity contribution in [2.24, 2.45) is 5.92 Å². The molecule has 1 heteroatoms. The van der Waals surface area contributed by atoms with E-state index in [1.54, 1.807) is 0 Å². The van der Waals surface area contributed by atoms with Gasteiger partial charge in [-0.15, -0.1) is 0 Å². The maximum atomic E-state index is 3.55. The highest BCUT2D eigenvalue weighted by Gasteiger charge is 2.50. The lowest BCUT2D eigenvalue weighted by atomic mass is 9.92. The second-order valence-corrected chi connectivity index (χ2v) is 5.82. The van der Waals surface area contributed by atoms with Crippen LogP contribution in [0.15, 0.2) is 18.2 Å². The number of benzene rings is 1. The molecule has 2 atom stereocenters. The molecule has 2 unspecified atom stereocenters. The van der Waals surface area contributed by atoms with Crippen LogP contribution in [0.5, 0.6) is 0 Å². The Labute approximate surface area is 106 Å². The van der Waals surface area contributed by atoms with Crippen molar-refractivity contribution in [2.75, 3.05) is 13.1 Å². The number of aryl methyl sites for hydroxylation is 2. The fraction of sp³-hybridized carbons (Fsp3) is 0.625. The second-order valence-electron chi connectivity index (χ2n) is 5.82. The van der Waals surface area contributed by atoms with E-state index in [1.165, 1.54) is 36.1 Å². The summed E-state index contributed by atoms with van der Waals surface area (Å²) in [4.78, 5) is 0. The Bertz CT molecular complexity index is 397. The van der Waals surface area contributed by atoms with Crippen LogP contribution in [0.2, 0.25) is 0 Å². The molecule has 0 spiro atoms. The first kappa shape index (κ1) is 12.6. The first-order valence-electron chi connectivity index (χ1n) is 6.86. The lowest BCUT2D eigenvalue weighted by Crippen LogP contribution is -2.21. The fourth-order valence-electron chi connectivity index (χ4n) is 2.65. The molecule has 0 radical (unpaired) electrons. The third kappa shape index (κ3) is 2.55. The summed E-state index contributed by atoms with van der Waals surface area (Å²) < 4.78 is 0. The summed E-state index contributed by atoms with van der Waals surface area (Å²) in [5.41, 5.74) is 4.79. The van der Waals surface area contributed by atoms with Gasteiger partial charge in [-0.05, 0) is 67.8 Å². The van der Waals surface area contributed by atoms with E-state index in [2.05, 4.69) is 51.2 Å². The highest BCUT2D eigenvalue weighted by molar-refractivity contribution is 5.38.